The maximum atomic E-state index is 12.5. The molecular formula is C20H19N5O3. The Morgan fingerprint density at radius 2 is 1.71 bits per heavy atom. The fraction of sp³-hybridized carbons (Fsp3) is 0.200. The Balaban J connectivity index is 1.49. The topological polar surface area (TPSA) is 107 Å². The number of fused-ring (bicyclic) bond motifs is 2. The van der Waals surface area contributed by atoms with E-state index in [4.69, 9.17) is 0 Å². The molecule has 0 aliphatic carbocycles. The van der Waals surface area contributed by atoms with Gasteiger partial charge in [0.15, 0.2) is 0 Å². The molecule has 1 aliphatic heterocycles. The lowest BCUT2D eigenvalue weighted by atomic mass is 10.1. The number of H-pyrrole nitrogens is 1. The summed E-state index contributed by atoms with van der Waals surface area (Å²) in [6, 6.07) is 9.59. The minimum Gasteiger partial charge on any atom is -0.345 e. The standard InChI is InChI=1S/C20H19N5O3/c1-11(2)9-25-18(26)14-5-3-12(7-15(14)19(25)27)23-20(28)24-13-4-6-16-17(8-13)22-10-21-16/h3-8,10-11H,9H2,1-2H3,(H,21,22)(H2,23,24,28). The van der Waals surface area contributed by atoms with Crippen molar-refractivity contribution in [2.75, 3.05) is 17.2 Å². The zero-order valence-corrected chi connectivity index (χ0v) is 15.4. The molecule has 8 heteroatoms. The number of rotatable bonds is 4. The summed E-state index contributed by atoms with van der Waals surface area (Å²) >= 11 is 0. The molecule has 4 rings (SSSR count). The fourth-order valence-electron chi connectivity index (χ4n) is 3.21. The average molecular weight is 377 g/mol. The summed E-state index contributed by atoms with van der Waals surface area (Å²) < 4.78 is 0. The summed E-state index contributed by atoms with van der Waals surface area (Å²) in [6.07, 6.45) is 1.58. The zero-order valence-electron chi connectivity index (χ0n) is 15.4. The second-order valence-corrected chi connectivity index (χ2v) is 7.09. The van der Waals surface area contributed by atoms with Crippen molar-refractivity contribution in [1.29, 1.82) is 0 Å². The van der Waals surface area contributed by atoms with Gasteiger partial charge in [-0.2, -0.15) is 0 Å². The molecule has 0 unspecified atom stereocenters. The van der Waals surface area contributed by atoms with Crippen molar-refractivity contribution in [3.63, 3.8) is 0 Å². The van der Waals surface area contributed by atoms with E-state index in [9.17, 15) is 14.4 Å². The van der Waals surface area contributed by atoms with Crippen LogP contribution in [-0.2, 0) is 0 Å². The second-order valence-electron chi connectivity index (χ2n) is 7.09. The van der Waals surface area contributed by atoms with Crippen molar-refractivity contribution in [1.82, 2.24) is 14.9 Å². The zero-order chi connectivity index (χ0) is 19.8. The summed E-state index contributed by atoms with van der Waals surface area (Å²) in [7, 11) is 0. The molecule has 2 aromatic carbocycles. The van der Waals surface area contributed by atoms with Crippen molar-refractivity contribution >= 4 is 40.3 Å². The molecule has 2 heterocycles. The molecule has 8 nitrogen and oxygen atoms in total. The van der Waals surface area contributed by atoms with Gasteiger partial charge in [0.1, 0.15) is 0 Å². The van der Waals surface area contributed by atoms with Crippen molar-refractivity contribution in [2.45, 2.75) is 13.8 Å². The fourth-order valence-corrected chi connectivity index (χ4v) is 3.21. The van der Waals surface area contributed by atoms with E-state index in [0.717, 1.165) is 11.0 Å². The number of amides is 4. The van der Waals surface area contributed by atoms with E-state index in [1.165, 1.54) is 11.0 Å². The van der Waals surface area contributed by atoms with E-state index in [0.29, 0.717) is 29.0 Å². The first-order valence-electron chi connectivity index (χ1n) is 8.94. The van der Waals surface area contributed by atoms with E-state index < -0.39 is 6.03 Å². The Hall–Kier alpha value is -3.68. The first-order chi connectivity index (χ1) is 13.4. The van der Waals surface area contributed by atoms with Crippen LogP contribution in [0.1, 0.15) is 34.6 Å². The second kappa shape index (κ2) is 6.80. The van der Waals surface area contributed by atoms with Gasteiger partial charge in [0, 0.05) is 17.9 Å². The first-order valence-corrected chi connectivity index (χ1v) is 8.94. The Kier molecular flexibility index (Phi) is 4.31. The van der Waals surface area contributed by atoms with E-state index in [1.807, 2.05) is 13.8 Å². The molecule has 1 aromatic heterocycles. The smallest absolute Gasteiger partial charge is 0.323 e. The van der Waals surface area contributed by atoms with Crippen LogP contribution in [0.4, 0.5) is 16.2 Å². The number of aromatic amines is 1. The lowest BCUT2D eigenvalue weighted by molar-refractivity contribution is 0.0636. The van der Waals surface area contributed by atoms with Gasteiger partial charge in [0.25, 0.3) is 11.8 Å². The molecule has 0 saturated heterocycles. The normalized spacial score (nSPS) is 13.3. The minimum absolute atomic E-state index is 0.179. The summed E-state index contributed by atoms with van der Waals surface area (Å²) in [6.45, 7) is 4.26. The maximum absolute atomic E-state index is 12.5. The number of hydrogen-bond donors (Lipinski definition) is 3. The summed E-state index contributed by atoms with van der Waals surface area (Å²) in [5.74, 6) is -0.446. The monoisotopic (exact) mass is 377 g/mol. The molecule has 4 amide bonds. The molecule has 0 fully saturated rings. The molecule has 0 spiro atoms. The number of nitrogens with zero attached hydrogens (tertiary/aromatic N) is 2. The molecular weight excluding hydrogens is 358 g/mol. The third-order valence-electron chi connectivity index (χ3n) is 4.45. The molecule has 0 bridgehead atoms. The largest absolute Gasteiger partial charge is 0.345 e. The van der Waals surface area contributed by atoms with Crippen LogP contribution >= 0.6 is 0 Å². The minimum atomic E-state index is -0.449. The molecule has 142 valence electrons. The Bertz CT molecular complexity index is 1100. The van der Waals surface area contributed by atoms with Crippen LogP contribution in [0.2, 0.25) is 0 Å². The molecule has 0 saturated carbocycles. The highest BCUT2D eigenvalue weighted by Gasteiger charge is 2.35. The van der Waals surface area contributed by atoms with Gasteiger partial charge in [0.2, 0.25) is 0 Å². The van der Waals surface area contributed by atoms with Gasteiger partial charge in [-0.15, -0.1) is 0 Å². The molecule has 3 aromatic rings. The van der Waals surface area contributed by atoms with Crippen LogP contribution in [0.15, 0.2) is 42.7 Å². The number of imide groups is 1. The van der Waals surface area contributed by atoms with Crippen LogP contribution in [0.3, 0.4) is 0 Å². The van der Waals surface area contributed by atoms with Gasteiger partial charge in [-0.1, -0.05) is 13.8 Å². The van der Waals surface area contributed by atoms with Gasteiger partial charge < -0.3 is 15.6 Å². The molecule has 1 aliphatic rings. The molecule has 0 atom stereocenters. The van der Waals surface area contributed by atoms with Crippen LogP contribution in [0.25, 0.3) is 11.0 Å². The van der Waals surface area contributed by atoms with E-state index >= 15 is 0 Å². The third kappa shape index (κ3) is 3.20. The summed E-state index contributed by atoms with van der Waals surface area (Å²) in [5, 5.41) is 5.43. The molecule has 0 radical (unpaired) electrons. The lowest BCUT2D eigenvalue weighted by Gasteiger charge is -2.15. The van der Waals surface area contributed by atoms with Crippen molar-refractivity contribution < 1.29 is 14.4 Å². The highest BCUT2D eigenvalue weighted by atomic mass is 16.2. The van der Waals surface area contributed by atoms with Gasteiger partial charge >= 0.3 is 6.03 Å². The highest BCUT2D eigenvalue weighted by Crippen LogP contribution is 2.26. The Morgan fingerprint density at radius 1 is 1.04 bits per heavy atom. The number of aromatic nitrogens is 2. The van der Waals surface area contributed by atoms with Crippen molar-refractivity contribution in [3.05, 3.63) is 53.9 Å². The lowest BCUT2D eigenvalue weighted by Crippen LogP contribution is -2.33. The first kappa shape index (κ1) is 17.7. The van der Waals surface area contributed by atoms with Crippen LogP contribution in [-0.4, -0.2) is 39.3 Å². The van der Waals surface area contributed by atoms with Crippen molar-refractivity contribution in [3.8, 4) is 0 Å². The number of nitrogens with one attached hydrogen (secondary N) is 3. The predicted molar refractivity (Wildman–Crippen MR) is 105 cm³/mol. The average Bonchev–Trinajstić information content (AvgIpc) is 3.20. The van der Waals surface area contributed by atoms with Gasteiger partial charge in [-0.25, -0.2) is 9.78 Å². The number of imidazole rings is 1. The van der Waals surface area contributed by atoms with Gasteiger partial charge in [-0.05, 0) is 42.3 Å². The van der Waals surface area contributed by atoms with Gasteiger partial charge in [0.05, 0.1) is 28.5 Å². The Labute approximate surface area is 160 Å². The van der Waals surface area contributed by atoms with Crippen LogP contribution < -0.4 is 10.6 Å². The van der Waals surface area contributed by atoms with E-state index in [-0.39, 0.29) is 17.7 Å². The van der Waals surface area contributed by atoms with E-state index in [1.54, 1.807) is 36.7 Å². The maximum Gasteiger partial charge on any atom is 0.323 e. The number of carbonyl (C=O) groups excluding carboxylic acids is 3. The number of anilines is 2. The molecule has 28 heavy (non-hydrogen) atoms. The quantitative estimate of drug-likeness (QED) is 0.605. The van der Waals surface area contributed by atoms with Gasteiger partial charge in [-0.3, -0.25) is 14.5 Å². The van der Waals surface area contributed by atoms with Crippen molar-refractivity contribution in [2.24, 2.45) is 5.92 Å². The SMILES string of the molecule is CC(C)CN1C(=O)c2ccc(NC(=O)Nc3ccc4nc[nH]c4c3)cc2C1=O. The van der Waals surface area contributed by atoms with Crippen LogP contribution in [0.5, 0.6) is 0 Å². The summed E-state index contributed by atoms with van der Waals surface area (Å²) in [5.41, 5.74) is 3.32. The summed E-state index contributed by atoms with van der Waals surface area (Å²) in [4.78, 5) is 45.6. The number of carbonyl (C=O) groups is 3. The van der Waals surface area contributed by atoms with E-state index in [2.05, 4.69) is 20.6 Å². The number of benzene rings is 2. The highest BCUT2D eigenvalue weighted by molar-refractivity contribution is 6.22. The number of hydrogen-bond acceptors (Lipinski definition) is 4. The predicted octanol–water partition coefficient (Wildman–Crippen LogP) is 3.46. The number of urea groups is 1. The third-order valence-corrected chi connectivity index (χ3v) is 4.45. The Morgan fingerprint density at radius 3 is 2.46 bits per heavy atom. The molecule has 3 N–H and O–H groups in total. The van der Waals surface area contributed by atoms with Crippen LogP contribution in [0, 0.1) is 5.92 Å².